The number of hydrogen-bond acceptors (Lipinski definition) is 2. The molecule has 1 unspecified atom stereocenters. The molecule has 0 rings (SSSR count). The van der Waals surface area contributed by atoms with Gasteiger partial charge in [0.05, 0.1) is 0 Å². The molecule has 1 atom stereocenters. The third kappa shape index (κ3) is 8.47. The Morgan fingerprint density at radius 2 is 1.45 bits per heavy atom. The topological polar surface area (TPSA) is 18.5 Å². The van der Waals surface area contributed by atoms with Crippen LogP contribution in [0, 0.1) is 0 Å². The molecule has 0 fully saturated rings. The molecule has 0 saturated carbocycles. The highest BCUT2D eigenvalue weighted by molar-refractivity contribution is 6.92. The van der Waals surface area contributed by atoms with E-state index < -0.39 is 9.28 Å². The van der Waals surface area contributed by atoms with Gasteiger partial charge in [-0.15, -0.1) is 0 Å². The van der Waals surface area contributed by atoms with Gasteiger partial charge in [0.15, 0.2) is 0 Å². The second kappa shape index (κ2) is 10.6. The second-order valence-corrected chi connectivity index (χ2v) is 4.23. The molecular formula is C7H21O2PSi. The molecular weight excluding hydrogens is 175 g/mol. The molecule has 0 saturated heterocycles. The van der Waals surface area contributed by atoms with Gasteiger partial charge in [-0.3, -0.25) is 0 Å². The summed E-state index contributed by atoms with van der Waals surface area (Å²) in [5.74, 6) is 0. The molecule has 0 N–H and O–H groups in total. The summed E-state index contributed by atoms with van der Waals surface area (Å²) in [6.07, 6.45) is 1.18. The Morgan fingerprint density at radius 1 is 1.00 bits per heavy atom. The van der Waals surface area contributed by atoms with E-state index in [9.17, 15) is 0 Å². The first kappa shape index (κ1) is 14.1. The summed E-state index contributed by atoms with van der Waals surface area (Å²) >= 11 is 0. The molecule has 0 aliphatic carbocycles. The molecule has 70 valence electrons. The fraction of sp³-hybridized carbons (Fsp3) is 1.00. The standard InChI is InChI=1S/C7H18O2Si.H3P/c1-4-7-10(8-5-2)9-6-3;/h10H,4-7H2,1-3H3;1H3. The molecule has 0 bridgehead atoms. The predicted molar refractivity (Wildman–Crippen MR) is 56.6 cm³/mol. The highest BCUT2D eigenvalue weighted by atomic mass is 31.0. The minimum atomic E-state index is -1.23. The van der Waals surface area contributed by atoms with Crippen LogP contribution in [0.4, 0.5) is 0 Å². The van der Waals surface area contributed by atoms with Crippen molar-refractivity contribution in [2.24, 2.45) is 0 Å². The molecule has 0 spiro atoms. The van der Waals surface area contributed by atoms with Crippen molar-refractivity contribution in [2.75, 3.05) is 13.2 Å². The highest BCUT2D eigenvalue weighted by Crippen LogP contribution is 1.99. The Labute approximate surface area is 75.1 Å². The first-order valence-electron chi connectivity index (χ1n) is 4.08. The minimum absolute atomic E-state index is 0. The molecule has 0 aromatic rings. The Morgan fingerprint density at radius 3 is 1.73 bits per heavy atom. The zero-order valence-corrected chi connectivity index (χ0v) is 10.5. The molecule has 0 aliphatic heterocycles. The molecule has 0 aliphatic rings. The van der Waals surface area contributed by atoms with E-state index in [0.717, 1.165) is 19.3 Å². The van der Waals surface area contributed by atoms with E-state index in [0.29, 0.717) is 0 Å². The van der Waals surface area contributed by atoms with Crippen LogP contribution in [-0.4, -0.2) is 22.5 Å². The third-order valence-corrected chi connectivity index (χ3v) is 3.69. The molecule has 0 aromatic carbocycles. The molecule has 0 amide bonds. The number of rotatable bonds is 6. The highest BCUT2D eigenvalue weighted by Gasteiger charge is 2.08. The summed E-state index contributed by atoms with van der Waals surface area (Å²) in [7, 11) is -1.23. The lowest BCUT2D eigenvalue weighted by molar-refractivity contribution is 0.213. The van der Waals surface area contributed by atoms with Crippen molar-refractivity contribution in [3.05, 3.63) is 0 Å². The van der Waals surface area contributed by atoms with Gasteiger partial charge in [0.25, 0.3) is 0 Å². The molecule has 0 aromatic heterocycles. The van der Waals surface area contributed by atoms with E-state index in [1.807, 2.05) is 13.8 Å². The Bertz CT molecular complexity index is 59.2. The summed E-state index contributed by atoms with van der Waals surface area (Å²) < 4.78 is 10.9. The Hall–Kier alpha value is 0.567. The van der Waals surface area contributed by atoms with Crippen molar-refractivity contribution in [1.82, 2.24) is 0 Å². The van der Waals surface area contributed by atoms with Crippen molar-refractivity contribution in [3.8, 4) is 0 Å². The van der Waals surface area contributed by atoms with E-state index >= 15 is 0 Å². The normalized spacial score (nSPS) is 9.82. The van der Waals surface area contributed by atoms with Crippen LogP contribution in [0.3, 0.4) is 0 Å². The maximum Gasteiger partial charge on any atom is 0.321 e. The summed E-state index contributed by atoms with van der Waals surface area (Å²) in [6.45, 7) is 7.81. The van der Waals surface area contributed by atoms with E-state index in [-0.39, 0.29) is 9.90 Å². The lowest BCUT2D eigenvalue weighted by atomic mass is 10.6. The SMILES string of the molecule is CCC[SiH](OCC)OCC.P. The Kier molecular flexibility index (Phi) is 13.6. The summed E-state index contributed by atoms with van der Waals surface area (Å²) in [4.78, 5) is 0. The summed E-state index contributed by atoms with van der Waals surface area (Å²) in [6, 6.07) is 1.14. The van der Waals surface area contributed by atoms with Crippen LogP contribution >= 0.6 is 9.90 Å². The first-order chi connectivity index (χ1) is 4.85. The van der Waals surface area contributed by atoms with Crippen LogP contribution in [0.1, 0.15) is 27.2 Å². The van der Waals surface area contributed by atoms with Gasteiger partial charge in [0, 0.05) is 13.2 Å². The maximum absolute atomic E-state index is 5.44. The van der Waals surface area contributed by atoms with E-state index in [4.69, 9.17) is 8.85 Å². The molecule has 4 heteroatoms. The summed E-state index contributed by atoms with van der Waals surface area (Å²) in [5, 5.41) is 0. The molecule has 0 heterocycles. The van der Waals surface area contributed by atoms with Crippen molar-refractivity contribution < 1.29 is 8.85 Å². The Balaban J connectivity index is 0. The molecule has 0 radical (unpaired) electrons. The van der Waals surface area contributed by atoms with Crippen LogP contribution in [0.25, 0.3) is 0 Å². The van der Waals surface area contributed by atoms with Crippen LogP contribution in [0.5, 0.6) is 0 Å². The maximum atomic E-state index is 5.44. The van der Waals surface area contributed by atoms with Crippen LogP contribution in [0.2, 0.25) is 6.04 Å². The molecule has 11 heavy (non-hydrogen) atoms. The van der Waals surface area contributed by atoms with Gasteiger partial charge in [0.2, 0.25) is 0 Å². The van der Waals surface area contributed by atoms with Crippen LogP contribution in [-0.2, 0) is 8.85 Å². The van der Waals surface area contributed by atoms with Gasteiger partial charge in [0.1, 0.15) is 0 Å². The van der Waals surface area contributed by atoms with E-state index in [1.165, 1.54) is 6.42 Å². The average molecular weight is 196 g/mol. The van der Waals surface area contributed by atoms with Crippen molar-refractivity contribution in [2.45, 2.75) is 33.2 Å². The van der Waals surface area contributed by atoms with Gasteiger partial charge in [-0.05, 0) is 19.9 Å². The fourth-order valence-corrected chi connectivity index (χ4v) is 2.47. The van der Waals surface area contributed by atoms with Gasteiger partial charge >= 0.3 is 9.28 Å². The van der Waals surface area contributed by atoms with Crippen LogP contribution < -0.4 is 0 Å². The largest absolute Gasteiger partial charge is 0.397 e. The van der Waals surface area contributed by atoms with Gasteiger partial charge < -0.3 is 8.85 Å². The molecule has 2 nitrogen and oxygen atoms in total. The smallest absolute Gasteiger partial charge is 0.321 e. The van der Waals surface area contributed by atoms with Gasteiger partial charge in [-0.2, -0.15) is 9.90 Å². The predicted octanol–water partition coefficient (Wildman–Crippen LogP) is 1.75. The number of hydrogen-bond donors (Lipinski definition) is 0. The zero-order chi connectivity index (χ0) is 7.82. The van der Waals surface area contributed by atoms with E-state index in [1.54, 1.807) is 0 Å². The lowest BCUT2D eigenvalue weighted by Crippen LogP contribution is -2.22. The van der Waals surface area contributed by atoms with Gasteiger partial charge in [-0.1, -0.05) is 13.3 Å². The van der Waals surface area contributed by atoms with E-state index in [2.05, 4.69) is 6.92 Å². The average Bonchev–Trinajstić information content (AvgIpc) is 1.90. The minimum Gasteiger partial charge on any atom is -0.397 e. The second-order valence-electron chi connectivity index (χ2n) is 2.13. The van der Waals surface area contributed by atoms with Gasteiger partial charge in [-0.25, -0.2) is 0 Å². The van der Waals surface area contributed by atoms with Crippen LogP contribution in [0.15, 0.2) is 0 Å². The fourth-order valence-electron chi connectivity index (χ4n) is 0.822. The zero-order valence-electron chi connectivity index (χ0n) is 7.93. The summed E-state index contributed by atoms with van der Waals surface area (Å²) in [5.41, 5.74) is 0. The first-order valence-corrected chi connectivity index (χ1v) is 5.84. The quantitative estimate of drug-likeness (QED) is 0.476. The van der Waals surface area contributed by atoms with Crippen molar-refractivity contribution in [1.29, 1.82) is 0 Å². The van der Waals surface area contributed by atoms with Crippen molar-refractivity contribution >= 4 is 19.2 Å². The van der Waals surface area contributed by atoms with Crippen molar-refractivity contribution in [3.63, 3.8) is 0 Å². The monoisotopic (exact) mass is 196 g/mol. The lowest BCUT2D eigenvalue weighted by Gasteiger charge is -2.12. The third-order valence-electron chi connectivity index (χ3n) is 1.23.